The lowest BCUT2D eigenvalue weighted by Gasteiger charge is -2.36. The molecule has 2 saturated heterocycles. The predicted octanol–water partition coefficient (Wildman–Crippen LogP) is 1.41. The van der Waals surface area contributed by atoms with Gasteiger partial charge in [0.05, 0.1) is 13.2 Å². The first kappa shape index (κ1) is 12.4. The zero-order chi connectivity index (χ0) is 11.8. The number of ether oxygens (including phenoxy) is 3. The molecule has 0 amide bonds. The number of rotatable bonds is 4. The van der Waals surface area contributed by atoms with Gasteiger partial charge in [-0.05, 0) is 19.0 Å². The van der Waals surface area contributed by atoms with Crippen LogP contribution in [0, 0.1) is 0 Å². The molecule has 0 spiro atoms. The average molecular weight is 246 g/mol. The van der Waals surface area contributed by atoms with Crippen LogP contribution in [-0.4, -0.2) is 50.0 Å². The molecule has 4 nitrogen and oxygen atoms in total. The Bertz CT molecular complexity index is 285. The smallest absolute Gasteiger partial charge is 0.146 e. The van der Waals surface area contributed by atoms with Gasteiger partial charge in [0.1, 0.15) is 23.4 Å². The second-order valence-corrected chi connectivity index (χ2v) is 4.73. The molecule has 16 heavy (non-hydrogen) atoms. The van der Waals surface area contributed by atoms with Crippen molar-refractivity contribution in [1.82, 2.24) is 0 Å². The topological polar surface area (TPSA) is 36.9 Å². The third-order valence-electron chi connectivity index (χ3n) is 3.68. The average Bonchev–Trinajstić information content (AvgIpc) is 2.72. The van der Waals surface area contributed by atoms with E-state index in [2.05, 4.69) is 6.58 Å². The molecule has 0 radical (unpaired) electrons. The van der Waals surface area contributed by atoms with Gasteiger partial charge in [0.25, 0.3) is 0 Å². The highest BCUT2D eigenvalue weighted by Gasteiger charge is 2.67. The molecule has 0 aromatic carbocycles. The van der Waals surface area contributed by atoms with Crippen LogP contribution in [0.1, 0.15) is 6.92 Å². The lowest BCUT2D eigenvalue weighted by atomic mass is 9.81. The van der Waals surface area contributed by atoms with Crippen molar-refractivity contribution in [1.29, 1.82) is 0 Å². The first-order valence-corrected chi connectivity index (χ1v) is 6.43. The summed E-state index contributed by atoms with van der Waals surface area (Å²) in [5, 5.41) is 0. The summed E-state index contributed by atoms with van der Waals surface area (Å²) in [7, 11) is 1.66. The summed E-state index contributed by atoms with van der Waals surface area (Å²) >= 11 is 1.33. The minimum Gasteiger partial charge on any atom is -0.376 e. The van der Waals surface area contributed by atoms with Gasteiger partial charge in [-0.3, -0.25) is 0 Å². The van der Waals surface area contributed by atoms with E-state index >= 15 is 0 Å². The maximum Gasteiger partial charge on any atom is 0.146 e. The molecular formula is C11H18O4S. The molecule has 2 aliphatic heterocycles. The Morgan fingerprint density at radius 3 is 2.62 bits per heavy atom. The third kappa shape index (κ3) is 1.39. The Morgan fingerprint density at radius 1 is 1.38 bits per heavy atom. The van der Waals surface area contributed by atoms with E-state index in [0.29, 0.717) is 13.2 Å². The van der Waals surface area contributed by atoms with Crippen LogP contribution in [-0.2, 0) is 18.4 Å². The lowest BCUT2D eigenvalue weighted by molar-refractivity contribution is -0.0893. The van der Waals surface area contributed by atoms with E-state index in [-0.39, 0.29) is 12.2 Å². The van der Waals surface area contributed by atoms with Crippen LogP contribution in [0.4, 0.5) is 0 Å². The summed E-state index contributed by atoms with van der Waals surface area (Å²) in [5.74, 6) is 0. The zero-order valence-corrected chi connectivity index (χ0v) is 10.7. The van der Waals surface area contributed by atoms with Crippen molar-refractivity contribution in [2.24, 2.45) is 0 Å². The van der Waals surface area contributed by atoms with E-state index < -0.39 is 11.2 Å². The fraction of sp³-hybridized carbons (Fsp3) is 0.818. The van der Waals surface area contributed by atoms with Gasteiger partial charge in [-0.25, -0.2) is 0 Å². The molecule has 0 N–H and O–H groups in total. The number of hydrogen-bond acceptors (Lipinski definition) is 5. The molecule has 2 aliphatic rings. The molecule has 2 rings (SSSR count). The van der Waals surface area contributed by atoms with Crippen LogP contribution in [0.2, 0.25) is 0 Å². The van der Waals surface area contributed by atoms with Gasteiger partial charge in [0.15, 0.2) is 0 Å². The summed E-state index contributed by atoms with van der Waals surface area (Å²) in [6.07, 6.45) is 3.46. The molecule has 4 atom stereocenters. The van der Waals surface area contributed by atoms with Crippen LogP contribution in [0.5, 0.6) is 0 Å². The minimum atomic E-state index is -0.595. The molecule has 2 heterocycles. The maximum atomic E-state index is 5.88. The number of fused-ring (bicyclic) bond motifs is 1. The van der Waals surface area contributed by atoms with Crippen LogP contribution < -0.4 is 0 Å². The highest BCUT2D eigenvalue weighted by molar-refractivity contribution is 7.93. The van der Waals surface area contributed by atoms with Gasteiger partial charge in [-0.1, -0.05) is 6.08 Å². The Morgan fingerprint density at radius 2 is 2.06 bits per heavy atom. The van der Waals surface area contributed by atoms with E-state index in [0.717, 1.165) is 0 Å². The van der Waals surface area contributed by atoms with Crippen LogP contribution >= 0.6 is 12.0 Å². The molecular weight excluding hydrogens is 228 g/mol. The highest BCUT2D eigenvalue weighted by atomic mass is 32.2. The van der Waals surface area contributed by atoms with E-state index in [1.165, 1.54) is 12.0 Å². The highest BCUT2D eigenvalue weighted by Crippen LogP contribution is 2.49. The molecule has 0 aromatic heterocycles. The van der Waals surface area contributed by atoms with Crippen LogP contribution in [0.15, 0.2) is 12.7 Å². The van der Waals surface area contributed by atoms with Crippen molar-refractivity contribution in [2.75, 3.05) is 26.6 Å². The number of hydrogen-bond donors (Lipinski definition) is 0. The third-order valence-corrected chi connectivity index (χ3v) is 4.10. The normalized spacial score (nSPS) is 46.9. The molecule has 2 fully saturated rings. The van der Waals surface area contributed by atoms with E-state index in [9.17, 15) is 0 Å². The van der Waals surface area contributed by atoms with Gasteiger partial charge in [-0.2, -0.15) is 0 Å². The van der Waals surface area contributed by atoms with E-state index in [1.807, 2.05) is 13.2 Å². The monoisotopic (exact) mass is 246 g/mol. The Kier molecular flexibility index (Phi) is 3.34. The fourth-order valence-electron chi connectivity index (χ4n) is 2.63. The Labute approximate surface area is 100 Å². The Hall–Kier alpha value is -0.0700. The summed E-state index contributed by atoms with van der Waals surface area (Å²) in [5.41, 5.74) is -1.11. The largest absolute Gasteiger partial charge is 0.376 e. The second-order valence-electron chi connectivity index (χ2n) is 4.20. The molecule has 0 saturated carbocycles. The summed E-state index contributed by atoms with van der Waals surface area (Å²) in [4.78, 5) is 0. The zero-order valence-electron chi connectivity index (χ0n) is 9.89. The van der Waals surface area contributed by atoms with Gasteiger partial charge >= 0.3 is 0 Å². The van der Waals surface area contributed by atoms with Gasteiger partial charge in [-0.15, -0.1) is 6.58 Å². The van der Waals surface area contributed by atoms with Crippen molar-refractivity contribution in [3.63, 3.8) is 0 Å². The lowest BCUT2D eigenvalue weighted by Crippen LogP contribution is -2.54. The quantitative estimate of drug-likeness (QED) is 0.554. The first-order valence-electron chi connectivity index (χ1n) is 5.28. The van der Waals surface area contributed by atoms with Gasteiger partial charge in [0.2, 0.25) is 0 Å². The minimum absolute atomic E-state index is 0.0966. The standard InChI is InChI=1S/C11H18O4S/c1-5-11-9(12-3)7-13-10(11,2)8(6-14-11)15-16-4/h5,8-9H,1,6-7H2,2-4H3/t8-,9-,10-,11-/m1/s1. The SMILES string of the molecule is C=C[C@]12OC[C@@H](OSC)[C@@]1(C)OC[C@H]2OC. The van der Waals surface area contributed by atoms with Crippen LogP contribution in [0.3, 0.4) is 0 Å². The van der Waals surface area contributed by atoms with Crippen LogP contribution in [0.25, 0.3) is 0 Å². The molecule has 0 aliphatic carbocycles. The Balaban J connectivity index is 2.31. The summed E-state index contributed by atoms with van der Waals surface area (Å²) < 4.78 is 22.8. The van der Waals surface area contributed by atoms with E-state index in [4.69, 9.17) is 18.4 Å². The molecule has 0 aromatic rings. The summed E-state index contributed by atoms with van der Waals surface area (Å²) in [6, 6.07) is 0. The van der Waals surface area contributed by atoms with Crippen molar-refractivity contribution < 1.29 is 18.4 Å². The van der Waals surface area contributed by atoms with Crippen molar-refractivity contribution >= 4 is 12.0 Å². The van der Waals surface area contributed by atoms with Crippen molar-refractivity contribution in [3.8, 4) is 0 Å². The molecule has 0 bridgehead atoms. The molecule has 0 unspecified atom stereocenters. The van der Waals surface area contributed by atoms with E-state index in [1.54, 1.807) is 13.2 Å². The molecule has 92 valence electrons. The first-order chi connectivity index (χ1) is 7.64. The summed E-state index contributed by atoms with van der Waals surface area (Å²) in [6.45, 7) is 6.88. The second kappa shape index (κ2) is 4.31. The fourth-order valence-corrected chi connectivity index (χ4v) is 3.10. The molecule has 5 heteroatoms. The van der Waals surface area contributed by atoms with Gasteiger partial charge in [0, 0.05) is 13.4 Å². The van der Waals surface area contributed by atoms with Crippen molar-refractivity contribution in [2.45, 2.75) is 30.3 Å². The predicted molar refractivity (Wildman–Crippen MR) is 62.4 cm³/mol. The van der Waals surface area contributed by atoms with Crippen molar-refractivity contribution in [3.05, 3.63) is 12.7 Å². The maximum absolute atomic E-state index is 5.88. The van der Waals surface area contributed by atoms with Gasteiger partial charge < -0.3 is 18.4 Å². The number of methoxy groups -OCH3 is 1.